The van der Waals surface area contributed by atoms with Gasteiger partial charge in [0.15, 0.2) is 0 Å². The Labute approximate surface area is 132 Å². The van der Waals surface area contributed by atoms with Crippen molar-refractivity contribution >= 4 is 38.0 Å². The third kappa shape index (κ3) is 3.05. The molecule has 0 unspecified atom stereocenters. The number of fused-ring (bicyclic) bond motifs is 1. The van der Waals surface area contributed by atoms with E-state index in [1.807, 2.05) is 0 Å². The molecule has 0 aliphatic carbocycles. The van der Waals surface area contributed by atoms with E-state index in [0.29, 0.717) is 16.5 Å². The minimum Gasteiger partial charge on any atom is -0.508 e. The minimum atomic E-state index is -4.29. The van der Waals surface area contributed by atoms with E-state index in [4.69, 9.17) is 10.3 Å². The van der Waals surface area contributed by atoms with Crippen molar-refractivity contribution in [3.8, 4) is 5.75 Å². The number of hydrogen-bond acceptors (Lipinski definition) is 5. The summed E-state index contributed by atoms with van der Waals surface area (Å²) in [5.74, 6) is 0.163. The number of nitrogen functional groups attached to an aromatic ring is 1. The van der Waals surface area contributed by atoms with Crippen LogP contribution in [0.2, 0.25) is 0 Å². The van der Waals surface area contributed by atoms with Crippen molar-refractivity contribution in [3.63, 3.8) is 0 Å². The van der Waals surface area contributed by atoms with Gasteiger partial charge in [-0.05, 0) is 48.5 Å². The van der Waals surface area contributed by atoms with Crippen LogP contribution in [-0.4, -0.2) is 18.1 Å². The second-order valence-electron chi connectivity index (χ2n) is 5.06. The molecule has 0 heterocycles. The van der Waals surface area contributed by atoms with Gasteiger partial charge in [-0.3, -0.25) is 4.55 Å². The Morgan fingerprint density at radius 3 is 2.26 bits per heavy atom. The molecule has 3 aromatic carbocycles. The number of phenolic OH excluding ortho intramolecular Hbond substituents is 1. The molecule has 3 rings (SSSR count). The zero-order chi connectivity index (χ0) is 16.6. The zero-order valence-electron chi connectivity index (χ0n) is 11.9. The van der Waals surface area contributed by atoms with Crippen LogP contribution in [0.4, 0.5) is 17.1 Å². The first-order valence-electron chi connectivity index (χ1n) is 6.70. The molecule has 0 saturated carbocycles. The zero-order valence-corrected chi connectivity index (χ0v) is 12.7. The van der Waals surface area contributed by atoms with E-state index in [9.17, 15) is 13.5 Å². The number of nitrogens with two attached hydrogens (primary N) is 1. The summed E-state index contributed by atoms with van der Waals surface area (Å²) in [7, 11) is -4.29. The van der Waals surface area contributed by atoms with Gasteiger partial charge in [-0.1, -0.05) is 6.07 Å². The Morgan fingerprint density at radius 1 is 0.913 bits per heavy atom. The minimum absolute atomic E-state index is 0.163. The number of anilines is 3. The van der Waals surface area contributed by atoms with Crippen molar-refractivity contribution in [2.45, 2.75) is 4.90 Å². The molecule has 0 fully saturated rings. The molecular formula is C16H14N2O4S. The molecule has 0 aliphatic heterocycles. The first-order valence-corrected chi connectivity index (χ1v) is 8.14. The quantitative estimate of drug-likeness (QED) is 0.333. The second-order valence-corrected chi connectivity index (χ2v) is 6.48. The number of nitrogens with one attached hydrogen (secondary N) is 1. The average molecular weight is 330 g/mol. The lowest BCUT2D eigenvalue weighted by Gasteiger charge is -2.12. The molecule has 118 valence electrons. The molecule has 7 heteroatoms. The van der Waals surface area contributed by atoms with E-state index in [2.05, 4.69) is 5.32 Å². The molecule has 0 saturated heterocycles. The predicted octanol–water partition coefficient (Wildman–Crippen LogP) is 3.12. The summed E-state index contributed by atoms with van der Waals surface area (Å²) < 4.78 is 31.7. The highest BCUT2D eigenvalue weighted by Crippen LogP contribution is 2.32. The Hall–Kier alpha value is -2.77. The fourth-order valence-corrected chi connectivity index (χ4v) is 2.83. The molecule has 0 radical (unpaired) electrons. The molecule has 3 aromatic rings. The van der Waals surface area contributed by atoms with Gasteiger partial charge in [-0.25, -0.2) is 0 Å². The van der Waals surface area contributed by atoms with Crippen LogP contribution < -0.4 is 11.1 Å². The third-order valence-corrected chi connectivity index (χ3v) is 4.32. The van der Waals surface area contributed by atoms with Crippen molar-refractivity contribution in [1.29, 1.82) is 0 Å². The van der Waals surface area contributed by atoms with Crippen LogP contribution in [0.3, 0.4) is 0 Å². The predicted molar refractivity (Wildman–Crippen MR) is 89.6 cm³/mol. The summed E-state index contributed by atoms with van der Waals surface area (Å²) >= 11 is 0. The highest BCUT2D eigenvalue weighted by molar-refractivity contribution is 7.85. The van der Waals surface area contributed by atoms with E-state index in [-0.39, 0.29) is 10.6 Å². The van der Waals surface area contributed by atoms with Crippen LogP contribution in [0, 0.1) is 0 Å². The van der Waals surface area contributed by atoms with Gasteiger partial charge >= 0.3 is 0 Å². The van der Waals surface area contributed by atoms with Gasteiger partial charge in [0, 0.05) is 27.8 Å². The number of phenols is 1. The van der Waals surface area contributed by atoms with Crippen LogP contribution in [0.15, 0.2) is 59.5 Å². The van der Waals surface area contributed by atoms with Gasteiger partial charge in [0.25, 0.3) is 10.1 Å². The third-order valence-electron chi connectivity index (χ3n) is 3.47. The fourth-order valence-electron chi connectivity index (χ4n) is 2.32. The Morgan fingerprint density at radius 2 is 1.61 bits per heavy atom. The van der Waals surface area contributed by atoms with Gasteiger partial charge in [0.05, 0.1) is 4.90 Å². The van der Waals surface area contributed by atoms with Gasteiger partial charge < -0.3 is 16.2 Å². The van der Waals surface area contributed by atoms with Crippen LogP contribution in [-0.2, 0) is 10.1 Å². The lowest BCUT2D eigenvalue weighted by atomic mass is 10.1. The van der Waals surface area contributed by atoms with Crippen molar-refractivity contribution in [1.82, 2.24) is 0 Å². The summed E-state index contributed by atoms with van der Waals surface area (Å²) in [6.07, 6.45) is 0. The first kappa shape index (κ1) is 15.1. The molecule has 0 aliphatic rings. The summed E-state index contributed by atoms with van der Waals surface area (Å²) in [5.41, 5.74) is 7.80. The molecule has 0 bridgehead atoms. The summed E-state index contributed by atoms with van der Waals surface area (Å²) in [6.45, 7) is 0. The van der Waals surface area contributed by atoms with Gasteiger partial charge in [-0.15, -0.1) is 0 Å². The van der Waals surface area contributed by atoms with E-state index in [1.54, 1.807) is 42.5 Å². The lowest BCUT2D eigenvalue weighted by molar-refractivity contribution is 0.475. The number of benzene rings is 3. The molecule has 0 atom stereocenters. The highest BCUT2D eigenvalue weighted by atomic mass is 32.2. The number of rotatable bonds is 3. The fraction of sp³-hybridized carbons (Fsp3) is 0. The topological polar surface area (TPSA) is 113 Å². The highest BCUT2D eigenvalue weighted by Gasteiger charge is 2.12. The molecule has 5 N–H and O–H groups in total. The lowest BCUT2D eigenvalue weighted by Crippen LogP contribution is -1.99. The van der Waals surface area contributed by atoms with E-state index >= 15 is 0 Å². The van der Waals surface area contributed by atoms with Crippen molar-refractivity contribution in [3.05, 3.63) is 54.6 Å². The maximum absolute atomic E-state index is 11.3. The molecule has 0 spiro atoms. The van der Waals surface area contributed by atoms with Gasteiger partial charge in [0.1, 0.15) is 5.75 Å². The monoisotopic (exact) mass is 330 g/mol. The van der Waals surface area contributed by atoms with Crippen molar-refractivity contribution in [2.75, 3.05) is 11.1 Å². The van der Waals surface area contributed by atoms with Crippen LogP contribution in [0.25, 0.3) is 10.8 Å². The summed E-state index contributed by atoms with van der Waals surface area (Å²) in [5, 5.41) is 13.7. The van der Waals surface area contributed by atoms with Crippen molar-refractivity contribution in [2.24, 2.45) is 0 Å². The number of hydrogen-bond donors (Lipinski definition) is 4. The summed E-state index contributed by atoms with van der Waals surface area (Å²) in [6, 6.07) is 14.2. The first-order chi connectivity index (χ1) is 10.8. The SMILES string of the molecule is Nc1ccc(Nc2ccc(O)cc2)c2ccc(S(=O)(=O)O)cc12. The van der Waals surface area contributed by atoms with Crippen LogP contribution >= 0.6 is 0 Å². The summed E-state index contributed by atoms with van der Waals surface area (Å²) in [4.78, 5) is -0.210. The smallest absolute Gasteiger partial charge is 0.294 e. The molecule has 6 nitrogen and oxygen atoms in total. The largest absolute Gasteiger partial charge is 0.508 e. The molecule has 0 amide bonds. The maximum atomic E-state index is 11.3. The average Bonchev–Trinajstić information content (AvgIpc) is 2.51. The molecular weight excluding hydrogens is 316 g/mol. The number of aromatic hydroxyl groups is 1. The van der Waals surface area contributed by atoms with Gasteiger partial charge in [0.2, 0.25) is 0 Å². The van der Waals surface area contributed by atoms with Gasteiger partial charge in [-0.2, -0.15) is 8.42 Å². The standard InChI is InChI=1S/C16H14N2O4S/c17-15-7-8-16(18-10-1-3-11(19)4-2-10)13-6-5-12(9-14(13)15)23(20,21)22/h1-9,18-19H,17H2,(H,20,21,22). The Kier molecular flexibility index (Phi) is 3.59. The normalized spacial score (nSPS) is 11.5. The van der Waals surface area contributed by atoms with Crippen molar-refractivity contribution < 1.29 is 18.1 Å². The molecule has 23 heavy (non-hydrogen) atoms. The molecule has 0 aromatic heterocycles. The second kappa shape index (κ2) is 5.45. The maximum Gasteiger partial charge on any atom is 0.294 e. The Balaban J connectivity index is 2.11. The van der Waals surface area contributed by atoms with Crippen LogP contribution in [0.5, 0.6) is 5.75 Å². The van der Waals surface area contributed by atoms with E-state index in [0.717, 1.165) is 11.4 Å². The van der Waals surface area contributed by atoms with E-state index < -0.39 is 10.1 Å². The van der Waals surface area contributed by atoms with E-state index in [1.165, 1.54) is 12.1 Å². The van der Waals surface area contributed by atoms with Crippen LogP contribution in [0.1, 0.15) is 0 Å². The Bertz CT molecular complexity index is 983.